The van der Waals surface area contributed by atoms with Crippen molar-refractivity contribution < 1.29 is 42.9 Å². The molecule has 510 valence electrons. The molecular formula is C73H76Cl4N12O9. The molecule has 5 aliphatic carbocycles. The average Bonchev–Trinajstić information content (AvgIpc) is 1.56. The van der Waals surface area contributed by atoms with Gasteiger partial charge in [-0.2, -0.15) is 21.0 Å². The van der Waals surface area contributed by atoms with Crippen LogP contribution in [0.25, 0.3) is 0 Å². The highest BCUT2D eigenvalue weighted by Gasteiger charge is 2.52. The van der Waals surface area contributed by atoms with Crippen molar-refractivity contribution >= 4 is 81.4 Å². The molecule has 0 amide bonds. The Morgan fingerprint density at radius 3 is 1.27 bits per heavy atom. The molecule has 2 unspecified atom stereocenters. The van der Waals surface area contributed by atoms with Crippen molar-refractivity contribution in [2.75, 3.05) is 57.3 Å². The summed E-state index contributed by atoms with van der Waals surface area (Å²) in [5, 5.41) is 45.1. The molecule has 15 rings (SSSR count). The number of Topliss-reactive ketones (excluding diaryl/α,β-unsaturated/α-hetero) is 3. The molecule has 98 heavy (non-hydrogen) atoms. The van der Waals surface area contributed by atoms with Crippen molar-refractivity contribution in [3.05, 3.63) is 164 Å². The van der Waals surface area contributed by atoms with Crippen LogP contribution in [-0.2, 0) is 76.4 Å². The number of carbonyl (C=O) groups excluding carboxylic acids is 4. The number of aromatic nitrogens is 6. The van der Waals surface area contributed by atoms with E-state index in [1.54, 1.807) is 48.9 Å². The predicted octanol–water partition coefficient (Wildman–Crippen LogP) is 13.2. The highest BCUT2D eigenvalue weighted by molar-refractivity contribution is 6.31. The fourth-order valence-electron chi connectivity index (χ4n) is 14.8. The zero-order valence-electron chi connectivity index (χ0n) is 54.5. The maximum atomic E-state index is 11.9. The summed E-state index contributed by atoms with van der Waals surface area (Å²) < 4.78 is 27.7. The fourth-order valence-corrected chi connectivity index (χ4v) is 15.9. The van der Waals surface area contributed by atoms with Gasteiger partial charge in [0, 0.05) is 152 Å². The monoisotopic (exact) mass is 1400 g/mol. The van der Waals surface area contributed by atoms with Crippen LogP contribution in [0.5, 0.6) is 0 Å². The third-order valence-electron chi connectivity index (χ3n) is 20.6. The fraction of sp³-hybridized carbons (Fsp3) is 0.479. The number of carbonyl (C=O) groups is 4. The molecule has 9 aliphatic rings. The van der Waals surface area contributed by atoms with Gasteiger partial charge in [-0.15, -0.1) is 0 Å². The summed E-state index contributed by atoms with van der Waals surface area (Å²) in [5.74, 6) is 0.296. The van der Waals surface area contributed by atoms with Gasteiger partial charge in [0.25, 0.3) is 0 Å². The van der Waals surface area contributed by atoms with Gasteiger partial charge in [-0.25, -0.2) is 29.9 Å². The molecule has 4 spiro atoms. The van der Waals surface area contributed by atoms with Gasteiger partial charge in [-0.3, -0.25) is 19.2 Å². The van der Waals surface area contributed by atoms with Crippen LogP contribution in [0.2, 0.25) is 20.6 Å². The summed E-state index contributed by atoms with van der Waals surface area (Å²) in [6.45, 7) is 4.76. The first-order valence-electron chi connectivity index (χ1n) is 33.0. The summed E-state index contributed by atoms with van der Waals surface area (Å²) in [6.07, 6.45) is 23.5. The topological polar surface area (TPSA) is 311 Å². The average molecular weight is 1410 g/mol. The zero-order chi connectivity index (χ0) is 69.4. The third kappa shape index (κ3) is 16.1. The van der Waals surface area contributed by atoms with E-state index in [0.29, 0.717) is 91.4 Å². The molecule has 4 aliphatic heterocycles. The summed E-state index contributed by atoms with van der Waals surface area (Å²) in [5.41, 5.74) is 3.91. The molecule has 21 nitrogen and oxygen atoms in total. The van der Waals surface area contributed by atoms with Gasteiger partial charge in [0.1, 0.15) is 55.5 Å². The largest absolute Gasteiger partial charge is 0.468 e. The maximum Gasteiger partial charge on any atom is 0.316 e. The van der Waals surface area contributed by atoms with E-state index in [9.17, 15) is 35.0 Å². The Morgan fingerprint density at radius 2 is 0.847 bits per heavy atom. The zero-order valence-corrected chi connectivity index (χ0v) is 57.5. The molecule has 6 aromatic heterocycles. The number of hydrogen-bond acceptors (Lipinski definition) is 21. The van der Waals surface area contributed by atoms with Gasteiger partial charge < -0.3 is 34.3 Å². The molecule has 0 radical (unpaired) electrons. The van der Waals surface area contributed by atoms with Crippen LogP contribution >= 0.6 is 46.4 Å². The Balaban J connectivity index is 0.000000129. The van der Waals surface area contributed by atoms with Gasteiger partial charge in [0.2, 0.25) is 0 Å². The number of esters is 1. The number of nitriles is 4. The summed E-state index contributed by atoms with van der Waals surface area (Å²) >= 11 is 23.9. The summed E-state index contributed by atoms with van der Waals surface area (Å²) in [7, 11) is 1.23. The molecule has 2 saturated heterocycles. The Labute approximate surface area is 590 Å². The van der Waals surface area contributed by atoms with Crippen LogP contribution in [0, 0.1) is 51.2 Å². The number of pyridine rings is 6. The lowest BCUT2D eigenvalue weighted by atomic mass is 9.66. The highest BCUT2D eigenvalue weighted by Crippen LogP contribution is 2.52. The second-order valence-corrected chi connectivity index (χ2v) is 27.4. The number of ketones is 3. The molecule has 25 heteroatoms. The van der Waals surface area contributed by atoms with Crippen molar-refractivity contribution in [3.63, 3.8) is 0 Å². The number of rotatable bonds is 5. The van der Waals surface area contributed by atoms with Crippen molar-refractivity contribution in [1.82, 2.24) is 29.9 Å². The van der Waals surface area contributed by atoms with Crippen molar-refractivity contribution in [2.45, 2.75) is 167 Å². The standard InChI is InChI=1S/C14H13ClN2O3.C14H15ClN2O2.C14H18N2O2.C12H11ClN2O.C12H14N2O.C7H5ClN2/c1-20-13(19)9-7-14(8-16,5-4-11(9)18)10-3-2-6-17-12(10)15;15-12-11(2-1-7-17-12)13(10-16)3-5-14(6-4-13)18-8-9-19-14;1-2-11-12(15-7-1)16-10-13(11)3-5-14(6-4-13)17-8-9-18-14;13-11-10(2-1-7-15-11)12(8-14)5-3-9(16)4-6-12;15-9-3-5-12(6-4-9)8-14-11-10(12)2-1-7-13-11;8-7-6(3-4-9)2-1-5-10-7/h2-3,6,9H,4-5,7H2,1H3;1-2,7H,3-6,8-9H2;1-2,7H,3-6,8-10H2,(H,15,16);1-2,7H,3-6H2;1-2,7H,3-6,8H2,(H,13,14);1-2,5H,3H2. The van der Waals surface area contributed by atoms with Gasteiger partial charge in [0.15, 0.2) is 11.6 Å². The molecule has 2 atom stereocenters. The Bertz CT molecular complexity index is 4000. The van der Waals surface area contributed by atoms with Crippen molar-refractivity contribution in [3.8, 4) is 24.3 Å². The molecule has 10 heterocycles. The molecular weight excluding hydrogens is 1330 g/mol. The number of anilines is 2. The van der Waals surface area contributed by atoms with Crippen LogP contribution in [0.15, 0.2) is 110 Å². The van der Waals surface area contributed by atoms with Crippen molar-refractivity contribution in [1.29, 1.82) is 21.0 Å². The number of nitrogens with one attached hydrogen (secondary N) is 2. The normalized spacial score (nSPS) is 22.5. The van der Waals surface area contributed by atoms with Crippen LogP contribution < -0.4 is 10.6 Å². The molecule has 2 N–H and O–H groups in total. The first-order chi connectivity index (χ1) is 47.4. The molecule has 0 aromatic carbocycles. The Hall–Kier alpha value is -8.06. The third-order valence-corrected chi connectivity index (χ3v) is 21.9. The lowest BCUT2D eigenvalue weighted by Crippen LogP contribution is -2.43. The van der Waals surface area contributed by atoms with Gasteiger partial charge in [-0.05, 0) is 101 Å². The van der Waals surface area contributed by atoms with Crippen molar-refractivity contribution in [2.24, 2.45) is 5.92 Å². The van der Waals surface area contributed by atoms with E-state index >= 15 is 0 Å². The Kier molecular flexibility index (Phi) is 23.9. The lowest BCUT2D eigenvalue weighted by Gasteiger charge is -2.41. The van der Waals surface area contributed by atoms with Crippen LogP contribution in [0.3, 0.4) is 0 Å². The Morgan fingerprint density at radius 1 is 0.480 bits per heavy atom. The number of nitrogens with zero attached hydrogens (tertiary/aromatic N) is 10. The minimum atomic E-state index is -0.974. The number of ether oxygens (including phenoxy) is 5. The summed E-state index contributed by atoms with van der Waals surface area (Å²) in [4.78, 5) is 70.7. The molecule has 7 fully saturated rings. The minimum absolute atomic E-state index is 0.0837. The lowest BCUT2D eigenvalue weighted by molar-refractivity contribution is -0.184. The molecule has 6 aromatic rings. The molecule has 5 saturated carbocycles. The predicted molar refractivity (Wildman–Crippen MR) is 365 cm³/mol. The van der Waals surface area contributed by atoms with E-state index in [4.69, 9.17) is 70.6 Å². The van der Waals surface area contributed by atoms with E-state index in [-0.39, 0.29) is 46.2 Å². The van der Waals surface area contributed by atoms with E-state index in [0.717, 1.165) is 119 Å². The SMILES string of the molecule is COC(=O)C1CC(C#N)(c2cccnc2Cl)CCC1=O.N#CC1(c2cccnc2Cl)CCC(=O)CC1.N#CC1(c2cccnc2Cl)CCC2(CC1)OCCO2.N#CCc1cccnc1Cl.O=C1CCC2(CC1)CNc1ncccc12.c1cnc2c(c1)C1(CCC3(CC1)OCCO3)CN2. The van der Waals surface area contributed by atoms with E-state index < -0.39 is 33.9 Å². The first kappa shape index (κ1) is 72.7. The van der Waals surface area contributed by atoms with Crippen LogP contribution in [-0.4, -0.2) is 111 Å². The minimum Gasteiger partial charge on any atom is -0.468 e. The second kappa shape index (κ2) is 32.3. The van der Waals surface area contributed by atoms with E-state index in [2.05, 4.69) is 75.6 Å². The smallest absolute Gasteiger partial charge is 0.316 e. The number of methoxy groups -OCH3 is 1. The summed E-state index contributed by atoms with van der Waals surface area (Å²) in [6, 6.07) is 31.7. The number of fused-ring (bicyclic) bond motifs is 4. The van der Waals surface area contributed by atoms with Gasteiger partial charge in [-0.1, -0.05) is 82.8 Å². The van der Waals surface area contributed by atoms with Crippen LogP contribution in [0.4, 0.5) is 11.6 Å². The maximum absolute atomic E-state index is 11.9. The quantitative estimate of drug-likeness (QED) is 0.0920. The highest BCUT2D eigenvalue weighted by atomic mass is 35.5. The molecule has 0 bridgehead atoms. The van der Waals surface area contributed by atoms with Gasteiger partial charge in [0.05, 0.1) is 80.5 Å². The second-order valence-electron chi connectivity index (χ2n) is 26.0. The van der Waals surface area contributed by atoms with E-state index in [1.807, 2.05) is 48.8 Å². The number of halogens is 4. The first-order valence-corrected chi connectivity index (χ1v) is 34.5. The van der Waals surface area contributed by atoms with Gasteiger partial charge >= 0.3 is 5.97 Å². The van der Waals surface area contributed by atoms with Crippen LogP contribution in [0.1, 0.15) is 155 Å². The number of hydrogen-bond donors (Lipinski definition) is 2. The van der Waals surface area contributed by atoms with E-state index in [1.165, 1.54) is 24.4 Å².